The molecular formula is C22H21BrN2O3. The highest BCUT2D eigenvalue weighted by Crippen LogP contribution is 2.25. The molecule has 0 aliphatic rings. The van der Waals surface area contributed by atoms with Gasteiger partial charge in [0.1, 0.15) is 12.4 Å². The Labute approximate surface area is 172 Å². The van der Waals surface area contributed by atoms with Gasteiger partial charge < -0.3 is 10.1 Å². The fourth-order valence-electron chi connectivity index (χ4n) is 2.76. The van der Waals surface area contributed by atoms with Gasteiger partial charge in [-0.1, -0.05) is 35.0 Å². The summed E-state index contributed by atoms with van der Waals surface area (Å²) in [5.74, 6) is 0.777. The van der Waals surface area contributed by atoms with Crippen LogP contribution in [-0.2, 0) is 19.6 Å². The van der Waals surface area contributed by atoms with Crippen LogP contribution in [0.1, 0.15) is 23.6 Å². The molecule has 0 radical (unpaired) electrons. The number of anilines is 1. The van der Waals surface area contributed by atoms with E-state index in [1.807, 2.05) is 18.2 Å². The Morgan fingerprint density at radius 3 is 2.32 bits per heavy atom. The van der Waals surface area contributed by atoms with Crippen LogP contribution in [0.25, 0.3) is 0 Å². The molecule has 5 nitrogen and oxygen atoms in total. The van der Waals surface area contributed by atoms with Crippen molar-refractivity contribution in [3.05, 3.63) is 98.0 Å². The van der Waals surface area contributed by atoms with Crippen LogP contribution in [0.4, 0.5) is 11.4 Å². The third-order valence-corrected chi connectivity index (χ3v) is 4.90. The minimum atomic E-state index is -0.407. The van der Waals surface area contributed by atoms with Crippen molar-refractivity contribution in [2.45, 2.75) is 26.5 Å². The molecular weight excluding hydrogens is 420 g/mol. The highest BCUT2D eigenvalue weighted by molar-refractivity contribution is 9.10. The fraction of sp³-hybridized carbons (Fsp3) is 0.182. The monoisotopic (exact) mass is 440 g/mol. The minimum Gasteiger partial charge on any atom is -0.489 e. The van der Waals surface area contributed by atoms with Gasteiger partial charge in [0.05, 0.1) is 4.92 Å². The van der Waals surface area contributed by atoms with E-state index < -0.39 is 4.92 Å². The number of halogens is 1. The van der Waals surface area contributed by atoms with Gasteiger partial charge in [0.15, 0.2) is 0 Å². The van der Waals surface area contributed by atoms with E-state index in [0.717, 1.165) is 33.5 Å². The second-order valence-corrected chi connectivity index (χ2v) is 7.28. The smallest absolute Gasteiger partial charge is 0.269 e. The zero-order chi connectivity index (χ0) is 19.9. The Morgan fingerprint density at radius 1 is 1.00 bits per heavy atom. The summed E-state index contributed by atoms with van der Waals surface area (Å²) in [7, 11) is 0. The van der Waals surface area contributed by atoms with E-state index in [1.54, 1.807) is 12.1 Å². The van der Waals surface area contributed by atoms with E-state index in [2.05, 4.69) is 52.4 Å². The number of nitrogens with one attached hydrogen (secondary N) is 1. The van der Waals surface area contributed by atoms with Crippen molar-refractivity contribution in [3.63, 3.8) is 0 Å². The average Bonchev–Trinajstić information content (AvgIpc) is 2.72. The van der Waals surface area contributed by atoms with E-state index >= 15 is 0 Å². The van der Waals surface area contributed by atoms with Gasteiger partial charge in [-0.25, -0.2) is 0 Å². The number of nitro benzene ring substituents is 1. The number of aryl methyl sites for hydroxylation is 1. The van der Waals surface area contributed by atoms with Crippen molar-refractivity contribution < 1.29 is 9.66 Å². The van der Waals surface area contributed by atoms with Gasteiger partial charge in [-0.3, -0.25) is 10.1 Å². The molecule has 3 aromatic rings. The molecule has 0 aromatic heterocycles. The van der Waals surface area contributed by atoms with Gasteiger partial charge in [-0.2, -0.15) is 0 Å². The van der Waals surface area contributed by atoms with Gasteiger partial charge >= 0.3 is 0 Å². The van der Waals surface area contributed by atoms with E-state index in [4.69, 9.17) is 4.74 Å². The maximum atomic E-state index is 10.8. The first kappa shape index (κ1) is 19.9. The molecule has 144 valence electrons. The number of ether oxygens (including phenoxy) is 1. The van der Waals surface area contributed by atoms with Gasteiger partial charge in [0.25, 0.3) is 5.69 Å². The summed E-state index contributed by atoms with van der Waals surface area (Å²) < 4.78 is 6.95. The topological polar surface area (TPSA) is 64.4 Å². The molecule has 3 aromatic carbocycles. The third kappa shape index (κ3) is 5.33. The van der Waals surface area contributed by atoms with Gasteiger partial charge in [0, 0.05) is 34.4 Å². The van der Waals surface area contributed by atoms with Crippen LogP contribution < -0.4 is 10.1 Å². The normalized spacial score (nSPS) is 10.5. The van der Waals surface area contributed by atoms with Gasteiger partial charge in [-0.05, 0) is 60.0 Å². The van der Waals surface area contributed by atoms with Crippen LogP contribution in [0.3, 0.4) is 0 Å². The van der Waals surface area contributed by atoms with E-state index in [0.29, 0.717) is 13.2 Å². The van der Waals surface area contributed by atoms with E-state index in [9.17, 15) is 10.1 Å². The molecule has 0 atom stereocenters. The molecule has 0 heterocycles. The first-order valence-electron chi connectivity index (χ1n) is 9.02. The van der Waals surface area contributed by atoms with Crippen LogP contribution in [0.15, 0.2) is 71.2 Å². The lowest BCUT2D eigenvalue weighted by Crippen LogP contribution is -2.04. The number of nitrogens with zero attached hydrogens (tertiary/aromatic N) is 1. The zero-order valence-electron chi connectivity index (χ0n) is 15.5. The molecule has 0 fully saturated rings. The third-order valence-electron chi connectivity index (χ3n) is 4.41. The molecule has 28 heavy (non-hydrogen) atoms. The Bertz CT molecular complexity index is 941. The molecule has 0 saturated heterocycles. The lowest BCUT2D eigenvalue weighted by molar-refractivity contribution is -0.384. The maximum Gasteiger partial charge on any atom is 0.269 e. The molecule has 0 bridgehead atoms. The standard InChI is InChI=1S/C22H21BrN2O3/c1-2-16-3-8-20(9-4-16)24-14-18-13-19(23)7-12-22(18)28-15-17-5-10-21(11-6-17)25(26)27/h3-13,24H,2,14-15H2,1H3. The predicted molar refractivity (Wildman–Crippen MR) is 115 cm³/mol. The number of nitro groups is 1. The summed E-state index contributed by atoms with van der Waals surface area (Å²) in [5.41, 5.74) is 4.34. The van der Waals surface area contributed by atoms with Crippen LogP contribution in [0.2, 0.25) is 0 Å². The number of rotatable bonds is 8. The van der Waals surface area contributed by atoms with Crippen molar-refractivity contribution >= 4 is 27.3 Å². The van der Waals surface area contributed by atoms with E-state index in [-0.39, 0.29) is 5.69 Å². The Morgan fingerprint density at radius 2 is 1.68 bits per heavy atom. The number of hydrogen-bond acceptors (Lipinski definition) is 4. The zero-order valence-corrected chi connectivity index (χ0v) is 17.1. The molecule has 0 amide bonds. The number of benzene rings is 3. The lowest BCUT2D eigenvalue weighted by atomic mass is 10.1. The lowest BCUT2D eigenvalue weighted by Gasteiger charge is -2.14. The van der Waals surface area contributed by atoms with Crippen LogP contribution in [0.5, 0.6) is 5.75 Å². The summed E-state index contributed by atoms with van der Waals surface area (Å²) >= 11 is 3.51. The molecule has 0 unspecified atom stereocenters. The highest BCUT2D eigenvalue weighted by Gasteiger charge is 2.08. The Hall–Kier alpha value is -2.86. The van der Waals surface area contributed by atoms with Crippen LogP contribution in [-0.4, -0.2) is 4.92 Å². The van der Waals surface area contributed by atoms with Crippen molar-refractivity contribution in [3.8, 4) is 5.75 Å². The molecule has 0 spiro atoms. The molecule has 1 N–H and O–H groups in total. The summed E-state index contributed by atoms with van der Waals surface area (Å²) in [4.78, 5) is 10.3. The van der Waals surface area contributed by atoms with Crippen LogP contribution >= 0.6 is 15.9 Å². The molecule has 0 aliphatic carbocycles. The van der Waals surface area contributed by atoms with Crippen molar-refractivity contribution in [1.29, 1.82) is 0 Å². The van der Waals surface area contributed by atoms with Gasteiger partial charge in [0.2, 0.25) is 0 Å². The van der Waals surface area contributed by atoms with Crippen molar-refractivity contribution in [2.75, 3.05) is 5.32 Å². The molecule has 0 saturated carbocycles. The van der Waals surface area contributed by atoms with E-state index in [1.165, 1.54) is 17.7 Å². The molecule has 6 heteroatoms. The number of hydrogen-bond donors (Lipinski definition) is 1. The second kappa shape index (κ2) is 9.37. The first-order chi connectivity index (χ1) is 13.5. The van der Waals surface area contributed by atoms with Crippen molar-refractivity contribution in [2.24, 2.45) is 0 Å². The Kier molecular flexibility index (Phi) is 6.66. The summed E-state index contributed by atoms with van der Waals surface area (Å²) in [6.45, 7) is 3.11. The maximum absolute atomic E-state index is 10.8. The van der Waals surface area contributed by atoms with Crippen molar-refractivity contribution in [1.82, 2.24) is 0 Å². The highest BCUT2D eigenvalue weighted by atomic mass is 79.9. The number of non-ortho nitro benzene ring substituents is 1. The fourth-order valence-corrected chi connectivity index (χ4v) is 3.17. The summed E-state index contributed by atoms with van der Waals surface area (Å²) in [5, 5.41) is 14.2. The first-order valence-corrected chi connectivity index (χ1v) is 9.82. The second-order valence-electron chi connectivity index (χ2n) is 6.37. The largest absolute Gasteiger partial charge is 0.489 e. The summed E-state index contributed by atoms with van der Waals surface area (Å²) in [6.07, 6.45) is 1.02. The average molecular weight is 441 g/mol. The van der Waals surface area contributed by atoms with Gasteiger partial charge in [-0.15, -0.1) is 0 Å². The minimum absolute atomic E-state index is 0.0753. The molecule has 0 aliphatic heterocycles. The molecule has 3 rings (SSSR count). The SMILES string of the molecule is CCc1ccc(NCc2cc(Br)ccc2OCc2ccc([N+](=O)[O-])cc2)cc1. The predicted octanol–water partition coefficient (Wildman–Crippen LogP) is 6.11. The Balaban J connectivity index is 1.66. The van der Waals surface area contributed by atoms with Crippen LogP contribution in [0, 0.1) is 10.1 Å². The quantitative estimate of drug-likeness (QED) is 0.338. The summed E-state index contributed by atoms with van der Waals surface area (Å²) in [6, 6.07) is 20.7.